The number of aromatic amines is 1. The van der Waals surface area contributed by atoms with E-state index in [2.05, 4.69) is 15.3 Å². The van der Waals surface area contributed by atoms with E-state index in [0.29, 0.717) is 18.2 Å². The number of benzene rings is 1. The first kappa shape index (κ1) is 13.1. The minimum Gasteiger partial charge on any atom is -0.461 e. The number of furan rings is 1. The molecule has 6 heteroatoms. The Morgan fingerprint density at radius 3 is 3.09 bits per heavy atom. The third-order valence-corrected chi connectivity index (χ3v) is 3.73. The fraction of sp³-hybridized carbons (Fsp3) is 0.250. The van der Waals surface area contributed by atoms with Gasteiger partial charge in [0.05, 0.1) is 17.3 Å². The zero-order valence-corrected chi connectivity index (χ0v) is 11.8. The SMILES string of the molecule is O=C(Nc1ccc2nc(-c3ccco3)[nH]c2c1)C1CCCO1. The summed E-state index contributed by atoms with van der Waals surface area (Å²) in [7, 11) is 0. The highest BCUT2D eigenvalue weighted by Crippen LogP contribution is 2.23. The van der Waals surface area contributed by atoms with Gasteiger partial charge < -0.3 is 19.5 Å². The summed E-state index contributed by atoms with van der Waals surface area (Å²) < 4.78 is 10.7. The summed E-state index contributed by atoms with van der Waals surface area (Å²) in [5, 5.41) is 2.88. The van der Waals surface area contributed by atoms with Gasteiger partial charge in [0, 0.05) is 12.3 Å². The number of carbonyl (C=O) groups is 1. The minimum atomic E-state index is -0.337. The first-order valence-electron chi connectivity index (χ1n) is 7.26. The van der Waals surface area contributed by atoms with Crippen LogP contribution in [0.25, 0.3) is 22.6 Å². The second-order valence-electron chi connectivity index (χ2n) is 5.29. The van der Waals surface area contributed by atoms with Crippen molar-refractivity contribution in [2.24, 2.45) is 0 Å². The van der Waals surface area contributed by atoms with Crippen LogP contribution < -0.4 is 5.32 Å². The van der Waals surface area contributed by atoms with Crippen molar-refractivity contribution in [3.05, 3.63) is 36.6 Å². The van der Waals surface area contributed by atoms with Gasteiger partial charge >= 0.3 is 0 Å². The van der Waals surface area contributed by atoms with Gasteiger partial charge in [0.15, 0.2) is 11.6 Å². The lowest BCUT2D eigenvalue weighted by Crippen LogP contribution is -2.26. The Hall–Kier alpha value is -2.60. The number of nitrogens with zero attached hydrogens (tertiary/aromatic N) is 1. The molecule has 1 aliphatic rings. The molecule has 0 aliphatic carbocycles. The quantitative estimate of drug-likeness (QED) is 0.779. The Morgan fingerprint density at radius 1 is 1.36 bits per heavy atom. The topological polar surface area (TPSA) is 80.2 Å². The van der Waals surface area contributed by atoms with E-state index in [1.54, 1.807) is 6.26 Å². The molecule has 1 unspecified atom stereocenters. The van der Waals surface area contributed by atoms with Crippen molar-refractivity contribution in [1.82, 2.24) is 9.97 Å². The number of aromatic nitrogens is 2. The van der Waals surface area contributed by atoms with Crippen molar-refractivity contribution in [3.8, 4) is 11.6 Å². The highest BCUT2D eigenvalue weighted by atomic mass is 16.5. The van der Waals surface area contributed by atoms with Gasteiger partial charge in [-0.15, -0.1) is 0 Å². The number of hydrogen-bond donors (Lipinski definition) is 2. The third kappa shape index (κ3) is 2.37. The van der Waals surface area contributed by atoms with Gasteiger partial charge in [0.25, 0.3) is 5.91 Å². The summed E-state index contributed by atoms with van der Waals surface area (Å²) >= 11 is 0. The predicted molar refractivity (Wildman–Crippen MR) is 81.4 cm³/mol. The van der Waals surface area contributed by atoms with Crippen LogP contribution in [0.1, 0.15) is 12.8 Å². The fourth-order valence-electron chi connectivity index (χ4n) is 2.62. The van der Waals surface area contributed by atoms with E-state index in [-0.39, 0.29) is 12.0 Å². The molecular weight excluding hydrogens is 282 g/mol. The number of anilines is 1. The lowest BCUT2D eigenvalue weighted by atomic mass is 10.2. The minimum absolute atomic E-state index is 0.0948. The van der Waals surface area contributed by atoms with Gasteiger partial charge in [-0.3, -0.25) is 4.79 Å². The number of rotatable bonds is 3. The monoisotopic (exact) mass is 297 g/mol. The molecule has 1 aliphatic heterocycles. The Morgan fingerprint density at radius 2 is 2.32 bits per heavy atom. The predicted octanol–water partition coefficient (Wildman–Crippen LogP) is 2.94. The van der Waals surface area contributed by atoms with Crippen molar-refractivity contribution in [3.63, 3.8) is 0 Å². The molecule has 1 atom stereocenters. The molecule has 0 radical (unpaired) electrons. The fourth-order valence-corrected chi connectivity index (χ4v) is 2.62. The molecule has 112 valence electrons. The van der Waals surface area contributed by atoms with E-state index in [0.717, 1.165) is 29.6 Å². The Kier molecular flexibility index (Phi) is 3.16. The number of H-pyrrole nitrogens is 1. The molecule has 6 nitrogen and oxygen atoms in total. The van der Waals surface area contributed by atoms with Crippen LogP contribution in [0.15, 0.2) is 41.0 Å². The maximum Gasteiger partial charge on any atom is 0.253 e. The molecule has 0 bridgehead atoms. The zero-order valence-electron chi connectivity index (χ0n) is 11.8. The molecule has 1 fully saturated rings. The third-order valence-electron chi connectivity index (χ3n) is 3.73. The first-order valence-corrected chi connectivity index (χ1v) is 7.26. The van der Waals surface area contributed by atoms with E-state index in [1.165, 1.54) is 0 Å². The van der Waals surface area contributed by atoms with Crippen LogP contribution in [0.5, 0.6) is 0 Å². The van der Waals surface area contributed by atoms with Gasteiger partial charge in [-0.25, -0.2) is 4.98 Å². The summed E-state index contributed by atoms with van der Waals surface area (Å²) in [6, 6.07) is 9.22. The lowest BCUT2D eigenvalue weighted by molar-refractivity contribution is -0.124. The second kappa shape index (κ2) is 5.31. The second-order valence-corrected chi connectivity index (χ2v) is 5.29. The van der Waals surface area contributed by atoms with E-state index in [4.69, 9.17) is 9.15 Å². The normalized spacial score (nSPS) is 17.9. The van der Waals surface area contributed by atoms with Crippen LogP contribution in [0.4, 0.5) is 5.69 Å². The van der Waals surface area contributed by atoms with Crippen LogP contribution in [0.2, 0.25) is 0 Å². The van der Waals surface area contributed by atoms with Crippen LogP contribution in [0.3, 0.4) is 0 Å². The molecule has 0 saturated carbocycles. The molecule has 3 aromatic rings. The number of nitrogens with one attached hydrogen (secondary N) is 2. The summed E-state index contributed by atoms with van der Waals surface area (Å²) in [4.78, 5) is 19.7. The average molecular weight is 297 g/mol. The number of hydrogen-bond acceptors (Lipinski definition) is 4. The molecule has 0 spiro atoms. The molecule has 2 N–H and O–H groups in total. The van der Waals surface area contributed by atoms with Gasteiger partial charge in [-0.05, 0) is 43.2 Å². The molecule has 1 saturated heterocycles. The van der Waals surface area contributed by atoms with Gasteiger partial charge in [0.1, 0.15) is 6.10 Å². The molecule has 1 amide bonds. The largest absolute Gasteiger partial charge is 0.461 e. The van der Waals surface area contributed by atoms with Crippen molar-refractivity contribution in [2.75, 3.05) is 11.9 Å². The average Bonchev–Trinajstić information content (AvgIpc) is 3.26. The summed E-state index contributed by atoms with van der Waals surface area (Å²) in [5.41, 5.74) is 2.39. The van der Waals surface area contributed by atoms with Gasteiger partial charge in [-0.1, -0.05) is 0 Å². The Balaban J connectivity index is 1.59. The number of fused-ring (bicyclic) bond motifs is 1. The maximum atomic E-state index is 12.1. The number of carbonyl (C=O) groups excluding carboxylic acids is 1. The molecule has 3 heterocycles. The Bertz CT molecular complexity index is 801. The van der Waals surface area contributed by atoms with E-state index in [1.807, 2.05) is 30.3 Å². The van der Waals surface area contributed by atoms with Crippen LogP contribution >= 0.6 is 0 Å². The molecule has 1 aromatic carbocycles. The van der Waals surface area contributed by atoms with E-state index < -0.39 is 0 Å². The molecule has 2 aromatic heterocycles. The van der Waals surface area contributed by atoms with Gasteiger partial charge in [-0.2, -0.15) is 0 Å². The smallest absolute Gasteiger partial charge is 0.253 e. The lowest BCUT2D eigenvalue weighted by Gasteiger charge is -2.10. The molecule has 4 rings (SSSR count). The first-order chi connectivity index (χ1) is 10.8. The van der Waals surface area contributed by atoms with Crippen LogP contribution in [-0.4, -0.2) is 28.6 Å². The standard InChI is InChI=1S/C16H15N3O3/c20-16(14-4-2-8-22-14)17-10-5-6-11-12(9-10)19-15(18-11)13-3-1-7-21-13/h1,3,5-7,9,14H,2,4,8H2,(H,17,20)(H,18,19). The van der Waals surface area contributed by atoms with Crippen molar-refractivity contribution >= 4 is 22.6 Å². The summed E-state index contributed by atoms with van der Waals surface area (Å²) in [6.45, 7) is 0.657. The molecular formula is C16H15N3O3. The highest BCUT2D eigenvalue weighted by Gasteiger charge is 2.23. The number of imidazole rings is 1. The maximum absolute atomic E-state index is 12.1. The van der Waals surface area contributed by atoms with E-state index in [9.17, 15) is 4.79 Å². The number of amides is 1. The van der Waals surface area contributed by atoms with Crippen LogP contribution in [-0.2, 0) is 9.53 Å². The van der Waals surface area contributed by atoms with Crippen molar-refractivity contribution < 1.29 is 13.9 Å². The highest BCUT2D eigenvalue weighted by molar-refractivity contribution is 5.96. The summed E-state index contributed by atoms with van der Waals surface area (Å²) in [6.07, 6.45) is 2.98. The van der Waals surface area contributed by atoms with Crippen molar-refractivity contribution in [1.29, 1.82) is 0 Å². The van der Waals surface area contributed by atoms with E-state index >= 15 is 0 Å². The Labute approximate surface area is 126 Å². The summed E-state index contributed by atoms with van der Waals surface area (Å²) in [5.74, 6) is 1.26. The molecule has 22 heavy (non-hydrogen) atoms. The van der Waals surface area contributed by atoms with Crippen molar-refractivity contribution in [2.45, 2.75) is 18.9 Å². The van der Waals surface area contributed by atoms with Gasteiger partial charge in [0.2, 0.25) is 0 Å². The van der Waals surface area contributed by atoms with Crippen LogP contribution in [0, 0.1) is 0 Å². The zero-order chi connectivity index (χ0) is 14.9. The number of ether oxygens (including phenoxy) is 1.